The molecule has 1 aromatic heterocycles. The van der Waals surface area contributed by atoms with Crippen LogP contribution in [0.4, 0.5) is 10.5 Å². The molecule has 33 heavy (non-hydrogen) atoms. The Morgan fingerprint density at radius 3 is 2.70 bits per heavy atom. The maximum Gasteiger partial charge on any atom is 0.319 e. The lowest BCUT2D eigenvalue weighted by Gasteiger charge is -2.15. The minimum Gasteiger partial charge on any atom is -0.490 e. The lowest BCUT2D eigenvalue weighted by Crippen LogP contribution is -2.30. The Balaban J connectivity index is 1.55. The number of pyridine rings is 1. The topological polar surface area (TPSA) is 128 Å². The summed E-state index contributed by atoms with van der Waals surface area (Å²) in [7, 11) is 0. The Kier molecular flexibility index (Phi) is 7.33. The summed E-state index contributed by atoms with van der Waals surface area (Å²) in [4.78, 5) is 16.4. The number of urea groups is 1. The molecule has 174 valence electrons. The maximum absolute atomic E-state index is 12.0. The van der Waals surface area contributed by atoms with E-state index in [4.69, 9.17) is 36.7 Å². The van der Waals surface area contributed by atoms with Crippen molar-refractivity contribution in [3.63, 3.8) is 0 Å². The van der Waals surface area contributed by atoms with Gasteiger partial charge in [-0.3, -0.25) is 10.7 Å². The number of halogens is 1. The predicted octanol–water partition coefficient (Wildman–Crippen LogP) is 4.02. The average molecular weight is 473 g/mol. The SMILES string of the molecule is NCOc1cc2c(Oc3ccc(NC(=O)NC4CC4)c(Cl)c3)ccnc2cc1OCCCO. The maximum atomic E-state index is 12.0. The normalized spacial score (nSPS) is 12.9. The lowest BCUT2D eigenvalue weighted by molar-refractivity contribution is 0.224. The van der Waals surface area contributed by atoms with Gasteiger partial charge in [0, 0.05) is 42.8 Å². The van der Waals surface area contributed by atoms with Crippen LogP contribution in [-0.4, -0.2) is 42.1 Å². The first-order valence-corrected chi connectivity index (χ1v) is 11.0. The van der Waals surface area contributed by atoms with Crippen molar-refractivity contribution >= 4 is 34.2 Å². The Labute approximate surface area is 195 Å². The third kappa shape index (κ3) is 5.95. The van der Waals surface area contributed by atoms with E-state index < -0.39 is 0 Å². The van der Waals surface area contributed by atoms with Crippen molar-refractivity contribution in [1.29, 1.82) is 0 Å². The zero-order valence-corrected chi connectivity index (χ0v) is 18.6. The average Bonchev–Trinajstić information content (AvgIpc) is 3.60. The summed E-state index contributed by atoms with van der Waals surface area (Å²) in [6.45, 7) is 0.326. The number of anilines is 1. The van der Waals surface area contributed by atoms with Crippen LogP contribution in [0, 0.1) is 0 Å². The fourth-order valence-corrected chi connectivity index (χ4v) is 3.36. The third-order valence-electron chi connectivity index (χ3n) is 4.90. The number of fused-ring (bicyclic) bond motifs is 1. The van der Waals surface area contributed by atoms with Gasteiger partial charge in [0.2, 0.25) is 0 Å². The van der Waals surface area contributed by atoms with Crippen LogP contribution in [0.15, 0.2) is 42.6 Å². The Morgan fingerprint density at radius 1 is 1.15 bits per heavy atom. The number of ether oxygens (including phenoxy) is 3. The van der Waals surface area contributed by atoms with Gasteiger partial charge in [0.25, 0.3) is 0 Å². The summed E-state index contributed by atoms with van der Waals surface area (Å²) in [5.74, 6) is 1.95. The minimum absolute atomic E-state index is 0.0267. The molecular formula is C23H25ClN4O5. The highest BCUT2D eigenvalue weighted by atomic mass is 35.5. The Morgan fingerprint density at radius 2 is 1.97 bits per heavy atom. The number of hydrogen-bond acceptors (Lipinski definition) is 7. The molecule has 0 spiro atoms. The summed E-state index contributed by atoms with van der Waals surface area (Å²) in [6, 6.07) is 10.2. The van der Waals surface area contributed by atoms with E-state index in [-0.39, 0.29) is 25.4 Å². The molecule has 2 amide bonds. The number of nitrogens with zero attached hydrogens (tertiary/aromatic N) is 1. The molecule has 0 radical (unpaired) electrons. The van der Waals surface area contributed by atoms with Crippen molar-refractivity contribution < 1.29 is 24.1 Å². The molecule has 4 rings (SSSR count). The van der Waals surface area contributed by atoms with Crippen LogP contribution in [0.3, 0.4) is 0 Å². The van der Waals surface area contributed by atoms with Crippen molar-refractivity contribution in [1.82, 2.24) is 10.3 Å². The molecule has 1 saturated carbocycles. The van der Waals surface area contributed by atoms with E-state index in [1.807, 2.05) is 0 Å². The molecule has 1 fully saturated rings. The van der Waals surface area contributed by atoms with Crippen LogP contribution in [0.2, 0.25) is 5.02 Å². The molecular weight excluding hydrogens is 448 g/mol. The zero-order valence-electron chi connectivity index (χ0n) is 17.8. The molecule has 9 nitrogen and oxygen atoms in total. The lowest BCUT2D eigenvalue weighted by atomic mass is 10.1. The van der Waals surface area contributed by atoms with Crippen LogP contribution < -0.4 is 30.6 Å². The number of benzene rings is 2. The zero-order chi connectivity index (χ0) is 23.2. The smallest absolute Gasteiger partial charge is 0.319 e. The minimum atomic E-state index is -0.280. The second-order valence-electron chi connectivity index (χ2n) is 7.48. The number of nitrogens with one attached hydrogen (secondary N) is 2. The molecule has 0 saturated heterocycles. The number of nitrogens with two attached hydrogens (primary N) is 1. The molecule has 2 aromatic carbocycles. The molecule has 1 heterocycles. The first-order valence-electron chi connectivity index (χ1n) is 10.6. The fraction of sp³-hybridized carbons (Fsp3) is 0.304. The van der Waals surface area contributed by atoms with Crippen LogP contribution in [-0.2, 0) is 0 Å². The number of carbonyl (C=O) groups excluding carboxylic acids is 1. The van der Waals surface area contributed by atoms with Gasteiger partial charge in [0.15, 0.2) is 11.5 Å². The molecule has 0 atom stereocenters. The summed E-state index contributed by atoms with van der Waals surface area (Å²) in [5.41, 5.74) is 6.70. The Hall–Kier alpha value is -3.27. The highest BCUT2D eigenvalue weighted by Crippen LogP contribution is 2.38. The predicted molar refractivity (Wildman–Crippen MR) is 125 cm³/mol. The van der Waals surface area contributed by atoms with Crippen molar-refractivity contribution in [2.45, 2.75) is 25.3 Å². The summed E-state index contributed by atoms with van der Waals surface area (Å²) in [6.07, 6.45) is 4.12. The van der Waals surface area contributed by atoms with Gasteiger partial charge in [-0.25, -0.2) is 4.79 Å². The molecule has 0 unspecified atom stereocenters. The number of aliphatic hydroxyl groups is 1. The van der Waals surface area contributed by atoms with Gasteiger partial charge in [-0.05, 0) is 37.1 Å². The highest BCUT2D eigenvalue weighted by molar-refractivity contribution is 6.33. The van der Waals surface area contributed by atoms with Crippen LogP contribution in [0.25, 0.3) is 10.9 Å². The van der Waals surface area contributed by atoms with Gasteiger partial charge in [-0.2, -0.15) is 0 Å². The summed E-state index contributed by atoms with van der Waals surface area (Å²) in [5, 5.41) is 15.6. The van der Waals surface area contributed by atoms with Crippen molar-refractivity contribution in [3.8, 4) is 23.0 Å². The van der Waals surface area contributed by atoms with E-state index in [1.54, 1.807) is 42.6 Å². The number of carbonyl (C=O) groups is 1. The van der Waals surface area contributed by atoms with E-state index in [9.17, 15) is 4.79 Å². The van der Waals surface area contributed by atoms with Crippen LogP contribution >= 0.6 is 11.6 Å². The summed E-state index contributed by atoms with van der Waals surface area (Å²) < 4.78 is 17.3. The van der Waals surface area contributed by atoms with Gasteiger partial charge in [0.05, 0.1) is 22.8 Å². The van der Waals surface area contributed by atoms with Crippen LogP contribution in [0.5, 0.6) is 23.0 Å². The van der Waals surface area contributed by atoms with Gasteiger partial charge < -0.3 is 30.0 Å². The number of hydrogen-bond donors (Lipinski definition) is 4. The quantitative estimate of drug-likeness (QED) is 0.259. The number of aliphatic hydroxyl groups excluding tert-OH is 1. The van der Waals surface area contributed by atoms with Gasteiger partial charge >= 0.3 is 6.03 Å². The molecule has 5 N–H and O–H groups in total. The standard InChI is InChI=1S/C23H25ClN4O5/c24-17-10-15(4-5-18(17)28-23(30)27-14-2-3-14)33-20-6-7-26-19-12-22(31-9-1-8-29)21(32-13-25)11-16(19)20/h4-7,10-12,14,29H,1-3,8-9,13,25H2,(H2,27,28,30). The highest BCUT2D eigenvalue weighted by Gasteiger charge is 2.23. The second kappa shape index (κ2) is 10.6. The number of rotatable bonds is 10. The number of amides is 2. The molecule has 3 aromatic rings. The molecule has 0 aliphatic heterocycles. The fourth-order valence-electron chi connectivity index (χ4n) is 3.14. The van der Waals surface area contributed by atoms with Gasteiger partial charge in [-0.15, -0.1) is 0 Å². The number of aromatic nitrogens is 1. The van der Waals surface area contributed by atoms with Crippen molar-refractivity contribution in [2.75, 3.05) is 25.3 Å². The first-order chi connectivity index (χ1) is 16.1. The van der Waals surface area contributed by atoms with E-state index >= 15 is 0 Å². The largest absolute Gasteiger partial charge is 0.490 e. The second-order valence-corrected chi connectivity index (χ2v) is 7.89. The monoisotopic (exact) mass is 472 g/mol. The van der Waals surface area contributed by atoms with E-state index in [0.717, 1.165) is 12.8 Å². The summed E-state index contributed by atoms with van der Waals surface area (Å²) >= 11 is 6.35. The first kappa shape index (κ1) is 22.9. The van der Waals surface area contributed by atoms with Crippen molar-refractivity contribution in [2.24, 2.45) is 5.73 Å². The van der Waals surface area contributed by atoms with Gasteiger partial charge in [-0.1, -0.05) is 11.6 Å². The van der Waals surface area contributed by atoms with Gasteiger partial charge in [0.1, 0.15) is 18.2 Å². The molecule has 1 aliphatic carbocycles. The van der Waals surface area contributed by atoms with E-state index in [0.29, 0.717) is 57.6 Å². The van der Waals surface area contributed by atoms with Crippen molar-refractivity contribution in [3.05, 3.63) is 47.6 Å². The van der Waals surface area contributed by atoms with E-state index in [2.05, 4.69) is 15.6 Å². The Bertz CT molecular complexity index is 1140. The van der Waals surface area contributed by atoms with E-state index in [1.165, 1.54) is 0 Å². The molecule has 0 bridgehead atoms. The molecule has 1 aliphatic rings. The third-order valence-corrected chi connectivity index (χ3v) is 5.21. The molecule has 10 heteroatoms. The van der Waals surface area contributed by atoms with Crippen LogP contribution in [0.1, 0.15) is 19.3 Å².